The molecule has 0 aromatic carbocycles. The second kappa shape index (κ2) is 7.65. The van der Waals surface area contributed by atoms with Crippen LogP contribution in [0.25, 0.3) is 0 Å². The van der Waals surface area contributed by atoms with Gasteiger partial charge in [-0.1, -0.05) is 5.16 Å². The van der Waals surface area contributed by atoms with E-state index in [1.807, 2.05) is 0 Å². The first kappa shape index (κ1) is 18.2. The van der Waals surface area contributed by atoms with E-state index in [0.717, 1.165) is 0 Å². The zero-order chi connectivity index (χ0) is 18.6. The number of aryl methyl sites for hydroxylation is 2. The number of nitrogens with one attached hydrogen (secondary N) is 2. The first-order chi connectivity index (χ1) is 11.8. The van der Waals surface area contributed by atoms with Gasteiger partial charge in [0.15, 0.2) is 12.4 Å². The lowest BCUT2D eigenvalue weighted by atomic mass is 10.1. The van der Waals surface area contributed by atoms with E-state index in [4.69, 9.17) is 14.0 Å². The third-order valence-corrected chi connectivity index (χ3v) is 3.35. The molecule has 0 aliphatic rings. The molecule has 0 bridgehead atoms. The number of carbonyl (C=O) groups excluding carboxylic acids is 3. The fourth-order valence-electron chi connectivity index (χ4n) is 2.27. The number of H-pyrrole nitrogens is 1. The third kappa shape index (κ3) is 4.25. The molecule has 134 valence electrons. The molecule has 25 heavy (non-hydrogen) atoms. The molecule has 2 rings (SSSR count). The van der Waals surface area contributed by atoms with Crippen molar-refractivity contribution in [1.82, 2.24) is 10.1 Å². The Morgan fingerprint density at radius 2 is 1.92 bits per heavy atom. The number of amides is 1. The molecule has 9 nitrogen and oxygen atoms in total. The number of ether oxygens (including phenoxy) is 2. The van der Waals surface area contributed by atoms with Gasteiger partial charge in [0.1, 0.15) is 11.5 Å². The fraction of sp³-hybridized carbons (Fsp3) is 0.375. The monoisotopic (exact) mass is 349 g/mol. The molecule has 0 atom stereocenters. The molecule has 2 N–H and O–H groups in total. The highest BCUT2D eigenvalue weighted by atomic mass is 16.5. The van der Waals surface area contributed by atoms with Gasteiger partial charge in [0.2, 0.25) is 0 Å². The summed E-state index contributed by atoms with van der Waals surface area (Å²) in [5.41, 5.74) is 1.26. The second-order valence-corrected chi connectivity index (χ2v) is 5.29. The zero-order valence-electron chi connectivity index (χ0n) is 14.4. The van der Waals surface area contributed by atoms with Gasteiger partial charge in [-0.25, -0.2) is 9.59 Å². The van der Waals surface area contributed by atoms with E-state index in [-0.39, 0.29) is 23.7 Å². The molecule has 0 saturated heterocycles. The van der Waals surface area contributed by atoms with E-state index in [1.54, 1.807) is 27.7 Å². The number of esters is 2. The molecule has 0 radical (unpaired) electrons. The molecule has 0 spiro atoms. The first-order valence-electron chi connectivity index (χ1n) is 7.60. The van der Waals surface area contributed by atoms with Crippen molar-refractivity contribution in [2.45, 2.75) is 27.7 Å². The minimum absolute atomic E-state index is 0.189. The van der Waals surface area contributed by atoms with Crippen LogP contribution in [0.4, 0.5) is 5.82 Å². The van der Waals surface area contributed by atoms with Gasteiger partial charge in [0, 0.05) is 11.8 Å². The van der Waals surface area contributed by atoms with Gasteiger partial charge in [-0.15, -0.1) is 0 Å². The molecule has 2 heterocycles. The molecule has 0 aliphatic carbocycles. The summed E-state index contributed by atoms with van der Waals surface area (Å²) in [5.74, 6) is -1.05. The van der Waals surface area contributed by atoms with Crippen molar-refractivity contribution in [1.29, 1.82) is 0 Å². The molecule has 0 fully saturated rings. The van der Waals surface area contributed by atoms with Crippen molar-refractivity contribution in [2.24, 2.45) is 0 Å². The van der Waals surface area contributed by atoms with E-state index in [1.165, 1.54) is 6.07 Å². The summed E-state index contributed by atoms with van der Waals surface area (Å²) in [6.07, 6.45) is 0. The van der Waals surface area contributed by atoms with Crippen molar-refractivity contribution >= 4 is 23.7 Å². The minimum Gasteiger partial charge on any atom is -0.461 e. The van der Waals surface area contributed by atoms with Gasteiger partial charge in [0.25, 0.3) is 5.91 Å². The molecule has 0 unspecified atom stereocenters. The van der Waals surface area contributed by atoms with Crippen LogP contribution < -0.4 is 5.32 Å². The van der Waals surface area contributed by atoms with E-state index in [2.05, 4.69) is 15.5 Å². The normalized spacial score (nSPS) is 10.4. The van der Waals surface area contributed by atoms with Gasteiger partial charge in [-0.3, -0.25) is 4.79 Å². The summed E-state index contributed by atoms with van der Waals surface area (Å²) in [6, 6.07) is 1.53. The van der Waals surface area contributed by atoms with Crippen molar-refractivity contribution in [3.8, 4) is 0 Å². The molecule has 2 aromatic rings. The summed E-state index contributed by atoms with van der Waals surface area (Å²) in [4.78, 5) is 38.7. The van der Waals surface area contributed by atoms with Gasteiger partial charge >= 0.3 is 11.9 Å². The highest BCUT2D eigenvalue weighted by molar-refractivity contribution is 6.00. The number of carbonyl (C=O) groups is 3. The third-order valence-electron chi connectivity index (χ3n) is 3.35. The topological polar surface area (TPSA) is 124 Å². The SMILES string of the molecule is CCOC(=O)c1[nH]c(C)c(C(=O)OCC(=O)Nc2cc(C)on2)c1C. The largest absolute Gasteiger partial charge is 0.461 e. The van der Waals surface area contributed by atoms with E-state index in [9.17, 15) is 14.4 Å². The predicted octanol–water partition coefficient (Wildman–Crippen LogP) is 1.90. The Morgan fingerprint density at radius 3 is 2.52 bits per heavy atom. The first-order valence-corrected chi connectivity index (χ1v) is 7.60. The van der Waals surface area contributed by atoms with Crippen LogP contribution in [-0.2, 0) is 14.3 Å². The summed E-state index contributed by atoms with van der Waals surface area (Å²) < 4.78 is 14.7. The number of hydrogen-bond donors (Lipinski definition) is 2. The predicted molar refractivity (Wildman–Crippen MR) is 86.4 cm³/mol. The van der Waals surface area contributed by atoms with Gasteiger partial charge in [-0.05, 0) is 33.3 Å². The van der Waals surface area contributed by atoms with Crippen LogP contribution in [0.1, 0.15) is 44.8 Å². The van der Waals surface area contributed by atoms with Crippen LogP contribution >= 0.6 is 0 Å². The molecule has 0 aliphatic heterocycles. The van der Waals surface area contributed by atoms with E-state index < -0.39 is 24.5 Å². The number of nitrogens with zero attached hydrogens (tertiary/aromatic N) is 1. The second-order valence-electron chi connectivity index (χ2n) is 5.29. The highest BCUT2D eigenvalue weighted by Crippen LogP contribution is 2.20. The Kier molecular flexibility index (Phi) is 5.58. The number of aromatic amines is 1. The Balaban J connectivity index is 2.01. The van der Waals surface area contributed by atoms with Crippen LogP contribution in [0.2, 0.25) is 0 Å². The maximum atomic E-state index is 12.2. The van der Waals surface area contributed by atoms with Crippen LogP contribution in [0.3, 0.4) is 0 Å². The molecule has 0 saturated carbocycles. The van der Waals surface area contributed by atoms with Crippen LogP contribution in [0.15, 0.2) is 10.6 Å². The lowest BCUT2D eigenvalue weighted by Gasteiger charge is -2.05. The van der Waals surface area contributed by atoms with Crippen molar-refractivity contribution in [2.75, 3.05) is 18.5 Å². The number of anilines is 1. The molecular weight excluding hydrogens is 330 g/mol. The van der Waals surface area contributed by atoms with Gasteiger partial charge in [-0.2, -0.15) is 0 Å². The van der Waals surface area contributed by atoms with E-state index in [0.29, 0.717) is 17.0 Å². The van der Waals surface area contributed by atoms with Crippen molar-refractivity contribution in [3.63, 3.8) is 0 Å². The summed E-state index contributed by atoms with van der Waals surface area (Å²) in [5, 5.41) is 6.04. The lowest BCUT2D eigenvalue weighted by molar-refractivity contribution is -0.119. The number of rotatable bonds is 6. The quantitative estimate of drug-likeness (QED) is 0.763. The average molecular weight is 349 g/mol. The fourth-order valence-corrected chi connectivity index (χ4v) is 2.27. The van der Waals surface area contributed by atoms with Gasteiger partial charge < -0.3 is 24.3 Å². The Morgan fingerprint density at radius 1 is 1.20 bits per heavy atom. The molecule has 1 amide bonds. The van der Waals surface area contributed by atoms with Crippen LogP contribution in [0, 0.1) is 20.8 Å². The summed E-state index contributed by atoms with van der Waals surface area (Å²) in [7, 11) is 0. The van der Waals surface area contributed by atoms with Crippen LogP contribution in [0.5, 0.6) is 0 Å². The maximum Gasteiger partial charge on any atom is 0.355 e. The Bertz CT molecular complexity index is 805. The van der Waals surface area contributed by atoms with Crippen molar-refractivity contribution < 1.29 is 28.4 Å². The summed E-state index contributed by atoms with van der Waals surface area (Å²) >= 11 is 0. The number of hydrogen-bond acceptors (Lipinski definition) is 7. The highest BCUT2D eigenvalue weighted by Gasteiger charge is 2.24. The zero-order valence-corrected chi connectivity index (χ0v) is 14.4. The molecule has 9 heteroatoms. The lowest BCUT2D eigenvalue weighted by Crippen LogP contribution is -2.21. The standard InChI is InChI=1S/C16H19N3O6/c1-5-23-16(22)14-9(3)13(10(4)17-14)15(21)24-7-12(20)18-11-6-8(2)25-19-11/h6,17H,5,7H2,1-4H3,(H,18,19,20). The molecular formula is C16H19N3O6. The number of aromatic nitrogens is 2. The van der Waals surface area contributed by atoms with Gasteiger partial charge in [0.05, 0.1) is 12.2 Å². The average Bonchev–Trinajstić information content (AvgIpc) is 3.08. The van der Waals surface area contributed by atoms with E-state index >= 15 is 0 Å². The van der Waals surface area contributed by atoms with Crippen molar-refractivity contribution in [3.05, 3.63) is 34.3 Å². The van der Waals surface area contributed by atoms with Crippen LogP contribution in [-0.4, -0.2) is 41.2 Å². The summed E-state index contributed by atoms with van der Waals surface area (Å²) in [6.45, 7) is 6.32. The Labute approximate surface area is 143 Å². The molecule has 2 aromatic heterocycles. The minimum atomic E-state index is -0.715. The smallest absolute Gasteiger partial charge is 0.355 e. The Hall–Kier alpha value is -3.10. The maximum absolute atomic E-state index is 12.2.